The van der Waals surface area contributed by atoms with Gasteiger partial charge in [-0.2, -0.15) is 0 Å². The number of nitrogens with one attached hydrogen (secondary N) is 1. The van der Waals surface area contributed by atoms with Crippen molar-refractivity contribution in [3.05, 3.63) is 17.8 Å². The van der Waals surface area contributed by atoms with E-state index in [2.05, 4.69) is 31.1 Å². The molecule has 0 atom stereocenters. The van der Waals surface area contributed by atoms with Crippen molar-refractivity contribution in [3.8, 4) is 0 Å². The van der Waals surface area contributed by atoms with Gasteiger partial charge < -0.3 is 9.73 Å². The van der Waals surface area contributed by atoms with E-state index in [1.807, 2.05) is 0 Å². The van der Waals surface area contributed by atoms with Crippen LogP contribution < -0.4 is 5.32 Å². The van der Waals surface area contributed by atoms with Crippen LogP contribution in [-0.2, 0) is 5.41 Å². The zero-order valence-corrected chi connectivity index (χ0v) is 8.42. The predicted octanol–water partition coefficient (Wildman–Crippen LogP) is 1.66. The predicted molar refractivity (Wildman–Crippen MR) is 50.8 cm³/mol. The van der Waals surface area contributed by atoms with Crippen molar-refractivity contribution in [1.82, 2.24) is 10.3 Å². The van der Waals surface area contributed by atoms with Crippen LogP contribution in [0.15, 0.2) is 10.7 Å². The van der Waals surface area contributed by atoms with E-state index in [1.54, 1.807) is 6.26 Å². The lowest BCUT2D eigenvalue weighted by Gasteiger charge is -2.24. The third kappa shape index (κ3) is 1.61. The molecule has 1 N–H and O–H groups in total. The van der Waals surface area contributed by atoms with E-state index in [1.165, 1.54) is 0 Å². The molecule has 1 saturated heterocycles. The van der Waals surface area contributed by atoms with Gasteiger partial charge in [0, 0.05) is 24.4 Å². The zero-order valence-electron chi connectivity index (χ0n) is 8.42. The Morgan fingerprint density at radius 1 is 1.46 bits per heavy atom. The molecule has 2 rings (SSSR count). The first kappa shape index (κ1) is 8.75. The molecule has 1 fully saturated rings. The van der Waals surface area contributed by atoms with Gasteiger partial charge in [-0.05, 0) is 0 Å². The summed E-state index contributed by atoms with van der Waals surface area (Å²) < 4.78 is 5.45. The third-order valence-corrected chi connectivity index (χ3v) is 2.36. The highest BCUT2D eigenvalue weighted by molar-refractivity contribution is 5.12. The molecular formula is C10H16N2O. The first-order valence-corrected chi connectivity index (χ1v) is 4.74. The second-order valence-corrected chi connectivity index (χ2v) is 4.68. The first-order valence-electron chi connectivity index (χ1n) is 4.74. The fourth-order valence-corrected chi connectivity index (χ4v) is 1.32. The van der Waals surface area contributed by atoms with Crippen molar-refractivity contribution in [1.29, 1.82) is 0 Å². The summed E-state index contributed by atoms with van der Waals surface area (Å²) in [6.45, 7) is 8.41. The normalized spacial score (nSPS) is 18.7. The van der Waals surface area contributed by atoms with Crippen molar-refractivity contribution in [2.75, 3.05) is 13.1 Å². The number of aromatic nitrogens is 1. The van der Waals surface area contributed by atoms with Gasteiger partial charge in [-0.3, -0.25) is 0 Å². The van der Waals surface area contributed by atoms with Gasteiger partial charge in [-0.15, -0.1) is 0 Å². The lowest BCUT2D eigenvalue weighted by molar-refractivity contribution is 0.392. The Morgan fingerprint density at radius 2 is 2.15 bits per heavy atom. The van der Waals surface area contributed by atoms with Crippen molar-refractivity contribution < 1.29 is 4.42 Å². The summed E-state index contributed by atoms with van der Waals surface area (Å²) in [7, 11) is 0. The maximum absolute atomic E-state index is 5.45. The van der Waals surface area contributed by atoms with E-state index in [-0.39, 0.29) is 5.41 Å². The molecule has 0 aliphatic carbocycles. The van der Waals surface area contributed by atoms with Crippen LogP contribution in [-0.4, -0.2) is 18.1 Å². The van der Waals surface area contributed by atoms with E-state index >= 15 is 0 Å². The molecule has 0 saturated carbocycles. The molecule has 0 radical (unpaired) electrons. The van der Waals surface area contributed by atoms with Crippen LogP contribution in [0.5, 0.6) is 0 Å². The van der Waals surface area contributed by atoms with Crippen LogP contribution in [0.4, 0.5) is 0 Å². The summed E-state index contributed by atoms with van der Waals surface area (Å²) in [6, 6.07) is 0. The van der Waals surface area contributed by atoms with E-state index in [0.29, 0.717) is 5.92 Å². The molecule has 2 heterocycles. The quantitative estimate of drug-likeness (QED) is 0.714. The monoisotopic (exact) mass is 180 g/mol. The maximum atomic E-state index is 5.45. The van der Waals surface area contributed by atoms with Crippen LogP contribution in [0.25, 0.3) is 0 Å². The summed E-state index contributed by atoms with van der Waals surface area (Å²) in [5, 5.41) is 3.23. The van der Waals surface area contributed by atoms with Gasteiger partial charge in [0.2, 0.25) is 0 Å². The van der Waals surface area contributed by atoms with Crippen LogP contribution in [0.2, 0.25) is 0 Å². The minimum Gasteiger partial charge on any atom is -0.448 e. The minimum atomic E-state index is 0.0232. The zero-order chi connectivity index (χ0) is 9.47. The van der Waals surface area contributed by atoms with Gasteiger partial charge in [0.05, 0.1) is 5.69 Å². The molecule has 1 aromatic rings. The standard InChI is InChI=1S/C10H16N2O/c1-10(2,3)9-12-8(6-13-9)7-4-11-5-7/h6-7,11H,4-5H2,1-3H3. The smallest absolute Gasteiger partial charge is 0.199 e. The SMILES string of the molecule is CC(C)(C)c1nc(C2CNC2)co1. The Bertz CT molecular complexity index is 294. The van der Waals surface area contributed by atoms with Gasteiger partial charge in [-0.1, -0.05) is 20.8 Å². The number of rotatable bonds is 1. The summed E-state index contributed by atoms with van der Waals surface area (Å²) in [5.74, 6) is 1.41. The highest BCUT2D eigenvalue weighted by Gasteiger charge is 2.26. The Hall–Kier alpha value is -0.830. The van der Waals surface area contributed by atoms with Gasteiger partial charge in [0.15, 0.2) is 5.89 Å². The number of nitrogens with zero attached hydrogens (tertiary/aromatic N) is 1. The highest BCUT2D eigenvalue weighted by atomic mass is 16.3. The number of hydrogen-bond acceptors (Lipinski definition) is 3. The second-order valence-electron chi connectivity index (χ2n) is 4.68. The van der Waals surface area contributed by atoms with Crippen molar-refractivity contribution in [2.45, 2.75) is 32.1 Å². The fraction of sp³-hybridized carbons (Fsp3) is 0.700. The Balaban J connectivity index is 2.17. The molecule has 3 heteroatoms. The number of hydrogen-bond donors (Lipinski definition) is 1. The second kappa shape index (κ2) is 2.84. The Kier molecular flexibility index (Phi) is 1.91. The first-order chi connectivity index (χ1) is 6.07. The average molecular weight is 180 g/mol. The lowest BCUT2D eigenvalue weighted by atomic mass is 9.96. The van der Waals surface area contributed by atoms with Crippen molar-refractivity contribution in [3.63, 3.8) is 0 Å². The van der Waals surface area contributed by atoms with Crippen LogP contribution in [0.3, 0.4) is 0 Å². The Morgan fingerprint density at radius 3 is 2.54 bits per heavy atom. The summed E-state index contributed by atoms with van der Waals surface area (Å²) >= 11 is 0. The van der Waals surface area contributed by atoms with Crippen LogP contribution >= 0.6 is 0 Å². The summed E-state index contributed by atoms with van der Waals surface area (Å²) in [5.41, 5.74) is 1.12. The van der Waals surface area contributed by atoms with E-state index in [9.17, 15) is 0 Å². The molecule has 1 aliphatic heterocycles. The Labute approximate surface area is 78.5 Å². The molecule has 0 amide bonds. The molecule has 72 valence electrons. The van der Waals surface area contributed by atoms with E-state index < -0.39 is 0 Å². The highest BCUT2D eigenvalue weighted by Crippen LogP contribution is 2.25. The molecule has 3 nitrogen and oxygen atoms in total. The van der Waals surface area contributed by atoms with Gasteiger partial charge >= 0.3 is 0 Å². The van der Waals surface area contributed by atoms with Gasteiger partial charge in [-0.25, -0.2) is 4.98 Å². The topological polar surface area (TPSA) is 38.1 Å². The van der Waals surface area contributed by atoms with Gasteiger partial charge in [0.1, 0.15) is 6.26 Å². The lowest BCUT2D eigenvalue weighted by Crippen LogP contribution is -2.40. The van der Waals surface area contributed by atoms with E-state index in [4.69, 9.17) is 4.42 Å². The van der Waals surface area contributed by atoms with Crippen LogP contribution in [0, 0.1) is 0 Å². The largest absolute Gasteiger partial charge is 0.448 e. The van der Waals surface area contributed by atoms with Crippen molar-refractivity contribution >= 4 is 0 Å². The molecule has 0 bridgehead atoms. The summed E-state index contributed by atoms with van der Waals surface area (Å²) in [6.07, 6.45) is 1.80. The fourth-order valence-electron chi connectivity index (χ4n) is 1.32. The molecule has 13 heavy (non-hydrogen) atoms. The average Bonchev–Trinajstić information content (AvgIpc) is 2.29. The minimum absolute atomic E-state index is 0.0232. The van der Waals surface area contributed by atoms with E-state index in [0.717, 1.165) is 24.7 Å². The number of oxazole rings is 1. The van der Waals surface area contributed by atoms with Crippen LogP contribution in [0.1, 0.15) is 38.3 Å². The molecule has 0 aromatic carbocycles. The van der Waals surface area contributed by atoms with Crippen molar-refractivity contribution in [2.24, 2.45) is 0 Å². The molecule has 0 unspecified atom stereocenters. The molecule has 1 aromatic heterocycles. The molecule has 1 aliphatic rings. The van der Waals surface area contributed by atoms with Gasteiger partial charge in [0.25, 0.3) is 0 Å². The third-order valence-electron chi connectivity index (χ3n) is 2.36. The molecule has 0 spiro atoms. The maximum Gasteiger partial charge on any atom is 0.199 e. The summed E-state index contributed by atoms with van der Waals surface area (Å²) in [4.78, 5) is 4.50. The molecular weight excluding hydrogens is 164 g/mol.